The minimum absolute atomic E-state index is 0.719. The first-order valence-electron chi connectivity index (χ1n) is 7.25. The Balaban J connectivity index is 2.02. The maximum atomic E-state index is 6.16. The molecule has 1 aromatic carbocycles. The van der Waals surface area contributed by atoms with E-state index in [-0.39, 0.29) is 0 Å². The summed E-state index contributed by atoms with van der Waals surface area (Å²) in [6.45, 7) is 7.82. The Morgan fingerprint density at radius 3 is 2.39 bits per heavy atom. The molecule has 1 aromatic rings. The van der Waals surface area contributed by atoms with Gasteiger partial charge in [0, 0.05) is 6.61 Å². The lowest BCUT2D eigenvalue weighted by molar-refractivity contribution is 0.181. The average Bonchev–Trinajstić information content (AvgIpc) is 2.37. The average molecular weight is 262 g/mol. The Morgan fingerprint density at radius 2 is 1.72 bits per heavy atom. The number of benzene rings is 1. The first-order valence-corrected chi connectivity index (χ1v) is 10.7. The van der Waals surface area contributed by atoms with Gasteiger partial charge in [0.15, 0.2) is 8.32 Å². The summed E-state index contributed by atoms with van der Waals surface area (Å²) in [5.41, 5.74) is 1.52. The normalized spacial score (nSPS) is 25.1. The molecular weight excluding hydrogens is 236 g/mol. The smallest absolute Gasteiger partial charge is 0.183 e. The molecule has 0 heterocycles. The molecule has 0 bridgehead atoms. The lowest BCUT2D eigenvalue weighted by atomic mass is 9.76. The Bertz CT molecular complexity index is 355. The standard InChI is InChI=1S/C16H26OSi/c1-18(2,3)17-13-15-11-7-8-12-16(15)14-9-5-4-6-10-14/h4-6,9-10,15-16H,7-8,11-13H2,1-3H3. The summed E-state index contributed by atoms with van der Waals surface area (Å²) in [4.78, 5) is 0. The predicted octanol–water partition coefficient (Wildman–Crippen LogP) is 4.81. The van der Waals surface area contributed by atoms with Crippen LogP contribution in [0, 0.1) is 5.92 Å². The molecule has 100 valence electrons. The fourth-order valence-electron chi connectivity index (χ4n) is 2.90. The zero-order valence-electron chi connectivity index (χ0n) is 12.0. The van der Waals surface area contributed by atoms with Gasteiger partial charge >= 0.3 is 0 Å². The molecule has 1 aliphatic carbocycles. The summed E-state index contributed by atoms with van der Waals surface area (Å²) in [7, 11) is -1.37. The van der Waals surface area contributed by atoms with E-state index >= 15 is 0 Å². The molecule has 0 spiro atoms. The molecule has 2 heteroatoms. The largest absolute Gasteiger partial charge is 0.417 e. The SMILES string of the molecule is C[Si](C)(C)OCC1CCCCC1c1ccccc1. The molecule has 18 heavy (non-hydrogen) atoms. The highest BCUT2D eigenvalue weighted by Crippen LogP contribution is 2.38. The summed E-state index contributed by atoms with van der Waals surface area (Å²) < 4.78 is 6.16. The molecule has 0 aliphatic heterocycles. The van der Waals surface area contributed by atoms with Crippen LogP contribution in [0.15, 0.2) is 30.3 Å². The zero-order valence-corrected chi connectivity index (χ0v) is 13.0. The van der Waals surface area contributed by atoms with Crippen molar-refractivity contribution in [3.8, 4) is 0 Å². The van der Waals surface area contributed by atoms with Gasteiger partial charge in [0.1, 0.15) is 0 Å². The maximum Gasteiger partial charge on any atom is 0.183 e. The van der Waals surface area contributed by atoms with Gasteiger partial charge in [-0.3, -0.25) is 0 Å². The van der Waals surface area contributed by atoms with Crippen molar-refractivity contribution in [2.24, 2.45) is 5.92 Å². The predicted molar refractivity (Wildman–Crippen MR) is 80.4 cm³/mol. The first kappa shape index (κ1) is 13.8. The molecule has 0 amide bonds. The molecule has 1 fully saturated rings. The highest BCUT2D eigenvalue weighted by Gasteiger charge is 2.28. The molecule has 2 rings (SSSR count). The molecule has 0 N–H and O–H groups in total. The van der Waals surface area contributed by atoms with Crippen LogP contribution in [0.3, 0.4) is 0 Å². The van der Waals surface area contributed by atoms with Gasteiger partial charge < -0.3 is 4.43 Å². The number of hydrogen-bond donors (Lipinski definition) is 0. The van der Waals surface area contributed by atoms with E-state index in [1.165, 1.54) is 31.2 Å². The van der Waals surface area contributed by atoms with Crippen LogP contribution in [0.5, 0.6) is 0 Å². The van der Waals surface area contributed by atoms with Gasteiger partial charge in [-0.25, -0.2) is 0 Å². The monoisotopic (exact) mass is 262 g/mol. The Hall–Kier alpha value is -0.603. The molecule has 1 aliphatic rings. The number of rotatable bonds is 4. The summed E-state index contributed by atoms with van der Waals surface area (Å²) in [6, 6.07) is 11.0. The van der Waals surface area contributed by atoms with Crippen molar-refractivity contribution in [3.05, 3.63) is 35.9 Å². The maximum absolute atomic E-state index is 6.16. The van der Waals surface area contributed by atoms with Gasteiger partial charge in [0.2, 0.25) is 0 Å². The van der Waals surface area contributed by atoms with Gasteiger partial charge in [-0.2, -0.15) is 0 Å². The lowest BCUT2D eigenvalue weighted by Crippen LogP contribution is -2.31. The van der Waals surface area contributed by atoms with E-state index in [4.69, 9.17) is 4.43 Å². The summed E-state index contributed by atoms with van der Waals surface area (Å²) in [5, 5.41) is 0. The topological polar surface area (TPSA) is 9.23 Å². The second-order valence-electron chi connectivity index (χ2n) is 6.49. The Labute approximate surface area is 113 Å². The number of hydrogen-bond acceptors (Lipinski definition) is 1. The van der Waals surface area contributed by atoms with E-state index in [0.717, 1.165) is 18.4 Å². The quantitative estimate of drug-likeness (QED) is 0.707. The minimum Gasteiger partial charge on any atom is -0.417 e. The van der Waals surface area contributed by atoms with Gasteiger partial charge in [0.05, 0.1) is 0 Å². The fourth-order valence-corrected chi connectivity index (χ4v) is 3.62. The van der Waals surface area contributed by atoms with Crippen molar-refractivity contribution >= 4 is 8.32 Å². The summed E-state index contributed by atoms with van der Waals surface area (Å²) in [5.74, 6) is 1.45. The molecule has 1 saturated carbocycles. The molecule has 0 saturated heterocycles. The van der Waals surface area contributed by atoms with Crippen LogP contribution in [-0.2, 0) is 4.43 Å². The van der Waals surface area contributed by atoms with Crippen LogP contribution < -0.4 is 0 Å². The van der Waals surface area contributed by atoms with Crippen molar-refractivity contribution in [2.45, 2.75) is 51.2 Å². The third kappa shape index (κ3) is 3.96. The second-order valence-corrected chi connectivity index (χ2v) is 11.0. The third-order valence-corrected chi connectivity index (χ3v) is 4.90. The zero-order chi connectivity index (χ0) is 13.0. The van der Waals surface area contributed by atoms with Crippen LogP contribution in [0.1, 0.15) is 37.2 Å². The lowest BCUT2D eigenvalue weighted by Gasteiger charge is -2.33. The van der Waals surface area contributed by atoms with E-state index in [1.54, 1.807) is 0 Å². The van der Waals surface area contributed by atoms with Crippen LogP contribution >= 0.6 is 0 Å². The molecule has 1 nitrogen and oxygen atoms in total. The third-order valence-electron chi connectivity index (χ3n) is 3.87. The van der Waals surface area contributed by atoms with Crippen LogP contribution in [0.2, 0.25) is 19.6 Å². The fraction of sp³-hybridized carbons (Fsp3) is 0.625. The van der Waals surface area contributed by atoms with Crippen molar-refractivity contribution in [1.29, 1.82) is 0 Å². The van der Waals surface area contributed by atoms with Gasteiger partial charge in [-0.05, 0) is 49.9 Å². The highest BCUT2D eigenvalue weighted by molar-refractivity contribution is 6.69. The van der Waals surface area contributed by atoms with E-state index in [1.807, 2.05) is 0 Å². The molecule has 2 unspecified atom stereocenters. The summed E-state index contributed by atoms with van der Waals surface area (Å²) in [6.07, 6.45) is 5.43. The second kappa shape index (κ2) is 6.03. The van der Waals surface area contributed by atoms with E-state index in [9.17, 15) is 0 Å². The van der Waals surface area contributed by atoms with Crippen molar-refractivity contribution in [3.63, 3.8) is 0 Å². The molecular formula is C16H26OSi. The van der Waals surface area contributed by atoms with Crippen LogP contribution in [-0.4, -0.2) is 14.9 Å². The molecule has 2 atom stereocenters. The Kier molecular flexibility index (Phi) is 4.63. The Morgan fingerprint density at radius 1 is 1.06 bits per heavy atom. The van der Waals surface area contributed by atoms with E-state index in [0.29, 0.717) is 0 Å². The van der Waals surface area contributed by atoms with Crippen molar-refractivity contribution in [2.75, 3.05) is 6.61 Å². The highest BCUT2D eigenvalue weighted by atomic mass is 28.4. The van der Waals surface area contributed by atoms with Crippen molar-refractivity contribution < 1.29 is 4.43 Å². The molecule has 0 radical (unpaired) electrons. The van der Waals surface area contributed by atoms with E-state index in [2.05, 4.69) is 50.0 Å². The van der Waals surface area contributed by atoms with Gasteiger partial charge in [0.25, 0.3) is 0 Å². The van der Waals surface area contributed by atoms with Crippen molar-refractivity contribution in [1.82, 2.24) is 0 Å². The summed E-state index contributed by atoms with van der Waals surface area (Å²) >= 11 is 0. The first-order chi connectivity index (χ1) is 8.56. The van der Waals surface area contributed by atoms with Gasteiger partial charge in [-0.1, -0.05) is 43.2 Å². The van der Waals surface area contributed by atoms with Gasteiger partial charge in [-0.15, -0.1) is 0 Å². The van der Waals surface area contributed by atoms with Crippen LogP contribution in [0.4, 0.5) is 0 Å². The van der Waals surface area contributed by atoms with Crippen LogP contribution in [0.25, 0.3) is 0 Å². The molecule has 0 aromatic heterocycles. The minimum atomic E-state index is -1.37. The van der Waals surface area contributed by atoms with E-state index < -0.39 is 8.32 Å².